The lowest BCUT2D eigenvalue weighted by Gasteiger charge is -2.27. The lowest BCUT2D eigenvalue weighted by molar-refractivity contribution is 0.339. The summed E-state index contributed by atoms with van der Waals surface area (Å²) in [7, 11) is 0. The van der Waals surface area contributed by atoms with Crippen LogP contribution in [0.4, 0.5) is 13.2 Å². The van der Waals surface area contributed by atoms with Crippen molar-refractivity contribution in [1.82, 2.24) is 0 Å². The van der Waals surface area contributed by atoms with Crippen LogP contribution in [0.2, 0.25) is 0 Å². The van der Waals surface area contributed by atoms with E-state index in [1.165, 1.54) is 18.2 Å². The van der Waals surface area contributed by atoms with Gasteiger partial charge in [0.25, 0.3) is 0 Å². The maximum Gasteiger partial charge on any atom is 0.175 e. The van der Waals surface area contributed by atoms with Crippen molar-refractivity contribution >= 4 is 10.8 Å². The molecular weight excluding hydrogens is 301 g/mol. The van der Waals surface area contributed by atoms with Crippen molar-refractivity contribution in [3.05, 3.63) is 41.2 Å². The fraction of sp³-hybridized carbons (Fsp3) is 0.474. The van der Waals surface area contributed by atoms with Crippen LogP contribution in [0.3, 0.4) is 0 Å². The minimum atomic E-state index is -1.20. The molecule has 23 heavy (non-hydrogen) atoms. The van der Waals surface area contributed by atoms with E-state index in [1.54, 1.807) is 0 Å². The van der Waals surface area contributed by atoms with Crippen molar-refractivity contribution in [2.45, 2.75) is 52.4 Å². The van der Waals surface area contributed by atoms with Gasteiger partial charge < -0.3 is 5.11 Å². The lowest BCUT2D eigenvalue weighted by atomic mass is 9.79. The van der Waals surface area contributed by atoms with E-state index in [4.69, 9.17) is 0 Å². The van der Waals surface area contributed by atoms with E-state index in [-0.39, 0.29) is 11.3 Å². The number of benzene rings is 2. The first kappa shape index (κ1) is 17.6. The van der Waals surface area contributed by atoms with Crippen molar-refractivity contribution in [3.63, 3.8) is 0 Å². The molecule has 0 atom stereocenters. The van der Waals surface area contributed by atoms with Gasteiger partial charge in [-0.2, -0.15) is 0 Å². The van der Waals surface area contributed by atoms with E-state index < -0.39 is 28.6 Å². The van der Waals surface area contributed by atoms with Crippen LogP contribution in [0.15, 0.2) is 18.2 Å². The van der Waals surface area contributed by atoms with Gasteiger partial charge in [-0.15, -0.1) is 0 Å². The molecule has 0 heterocycles. The molecule has 1 N–H and O–H groups in total. The number of hydrogen-bond donors (Lipinski definition) is 1. The number of phenols is 1. The quantitative estimate of drug-likeness (QED) is 0.654. The number of aromatic hydroxyl groups is 1. The van der Waals surface area contributed by atoms with E-state index in [9.17, 15) is 18.3 Å². The molecular formula is C19H23F3O. The van der Waals surface area contributed by atoms with Crippen LogP contribution >= 0.6 is 0 Å². The Bertz CT molecular complexity index is 689. The van der Waals surface area contributed by atoms with Crippen molar-refractivity contribution in [1.29, 1.82) is 0 Å². The summed E-state index contributed by atoms with van der Waals surface area (Å²) in [4.78, 5) is 0. The molecule has 0 unspecified atom stereocenters. The predicted octanol–water partition coefficient (Wildman–Crippen LogP) is 6.28. The highest BCUT2D eigenvalue weighted by molar-refractivity contribution is 5.86. The van der Waals surface area contributed by atoms with Crippen LogP contribution in [0.1, 0.15) is 57.9 Å². The first-order valence-electron chi connectivity index (χ1n) is 8.28. The molecule has 1 saturated carbocycles. The second-order valence-electron chi connectivity index (χ2n) is 6.05. The van der Waals surface area contributed by atoms with Crippen LogP contribution in [0.5, 0.6) is 5.75 Å². The monoisotopic (exact) mass is 324 g/mol. The first-order valence-corrected chi connectivity index (χ1v) is 8.28. The highest BCUT2D eigenvalue weighted by Gasteiger charge is 2.26. The van der Waals surface area contributed by atoms with Crippen LogP contribution in [-0.4, -0.2) is 5.11 Å². The molecule has 0 saturated heterocycles. The van der Waals surface area contributed by atoms with Crippen LogP contribution in [-0.2, 0) is 0 Å². The number of hydrogen-bond acceptors (Lipinski definition) is 1. The van der Waals surface area contributed by atoms with E-state index in [0.29, 0.717) is 11.5 Å². The van der Waals surface area contributed by atoms with E-state index in [1.807, 2.05) is 13.8 Å². The molecule has 0 radical (unpaired) electrons. The fourth-order valence-electron chi connectivity index (χ4n) is 3.26. The number of fused-ring (bicyclic) bond motifs is 1. The van der Waals surface area contributed by atoms with Gasteiger partial charge in [0.05, 0.1) is 5.39 Å². The lowest BCUT2D eigenvalue weighted by Crippen LogP contribution is -2.13. The summed E-state index contributed by atoms with van der Waals surface area (Å²) in [5, 5.41) is 9.13. The zero-order valence-electron chi connectivity index (χ0n) is 13.8. The normalized spacial score (nSPS) is 21.0. The summed E-state index contributed by atoms with van der Waals surface area (Å²) in [6.07, 6.45) is 3.63. The Morgan fingerprint density at radius 1 is 0.913 bits per heavy atom. The van der Waals surface area contributed by atoms with Gasteiger partial charge in [0.15, 0.2) is 23.2 Å². The van der Waals surface area contributed by atoms with Crippen LogP contribution in [0.25, 0.3) is 10.8 Å². The maximum absolute atomic E-state index is 14.3. The van der Waals surface area contributed by atoms with Crippen molar-refractivity contribution in [3.8, 4) is 5.75 Å². The van der Waals surface area contributed by atoms with E-state index >= 15 is 0 Å². The van der Waals surface area contributed by atoms with E-state index in [2.05, 4.69) is 6.92 Å². The zero-order chi connectivity index (χ0) is 17.1. The highest BCUT2D eigenvalue weighted by Crippen LogP contribution is 2.39. The first-order chi connectivity index (χ1) is 11.0. The Labute approximate surface area is 135 Å². The Kier molecular flexibility index (Phi) is 5.55. The average Bonchev–Trinajstić information content (AvgIpc) is 2.57. The minimum Gasteiger partial charge on any atom is -0.505 e. The Balaban J connectivity index is 0.000000924. The van der Waals surface area contributed by atoms with Crippen LogP contribution in [0, 0.1) is 23.4 Å². The third kappa shape index (κ3) is 3.31. The molecule has 1 aliphatic carbocycles. The third-order valence-electron chi connectivity index (χ3n) is 4.59. The molecule has 2 aromatic carbocycles. The summed E-state index contributed by atoms with van der Waals surface area (Å²) >= 11 is 0. The summed E-state index contributed by atoms with van der Waals surface area (Å²) < 4.78 is 42.3. The molecule has 4 heteroatoms. The van der Waals surface area contributed by atoms with Crippen molar-refractivity contribution < 1.29 is 18.3 Å². The molecule has 2 aromatic rings. The molecule has 0 bridgehead atoms. The summed E-state index contributed by atoms with van der Waals surface area (Å²) in [5.74, 6) is -3.35. The van der Waals surface area contributed by atoms with Gasteiger partial charge in [-0.05, 0) is 47.8 Å². The Hall–Kier alpha value is -1.71. The van der Waals surface area contributed by atoms with Gasteiger partial charge in [-0.3, -0.25) is 0 Å². The highest BCUT2D eigenvalue weighted by atomic mass is 19.2. The van der Waals surface area contributed by atoms with Crippen molar-refractivity contribution in [2.24, 2.45) is 5.92 Å². The van der Waals surface area contributed by atoms with Gasteiger partial charge in [-0.1, -0.05) is 39.7 Å². The molecule has 0 spiro atoms. The molecule has 1 nitrogen and oxygen atoms in total. The average molecular weight is 324 g/mol. The third-order valence-corrected chi connectivity index (χ3v) is 4.59. The number of halogens is 3. The number of rotatable bonds is 1. The molecule has 1 fully saturated rings. The molecule has 0 aromatic heterocycles. The number of phenolic OH excluding ortho intramolecular Hbond substituents is 1. The Morgan fingerprint density at radius 2 is 1.52 bits per heavy atom. The SMILES string of the molecule is CC.CC1CCC(c2cc3ccc(O)c(F)c3c(F)c2F)CC1. The second kappa shape index (κ2) is 7.24. The van der Waals surface area contributed by atoms with E-state index in [0.717, 1.165) is 25.7 Å². The van der Waals surface area contributed by atoms with Gasteiger partial charge in [0, 0.05) is 0 Å². The van der Waals surface area contributed by atoms with Gasteiger partial charge in [0.1, 0.15) is 0 Å². The van der Waals surface area contributed by atoms with Crippen molar-refractivity contribution in [2.75, 3.05) is 0 Å². The summed E-state index contributed by atoms with van der Waals surface area (Å²) in [6.45, 7) is 6.16. The molecule has 126 valence electrons. The largest absolute Gasteiger partial charge is 0.505 e. The summed E-state index contributed by atoms with van der Waals surface area (Å²) in [5.41, 5.74) is 0.331. The fourth-order valence-corrected chi connectivity index (χ4v) is 3.26. The summed E-state index contributed by atoms with van der Waals surface area (Å²) in [6, 6.07) is 4.11. The minimum absolute atomic E-state index is 0.0167. The molecule has 0 amide bonds. The molecule has 3 rings (SSSR count). The smallest absolute Gasteiger partial charge is 0.175 e. The maximum atomic E-state index is 14.3. The standard InChI is InChI=1S/C17H17F3O.C2H6/c1-9-2-4-10(5-3-9)12-8-11-6-7-13(21)16(19)14(11)17(20)15(12)18;1-2/h6-10,21H,2-5H2,1H3;1-2H3. The second-order valence-corrected chi connectivity index (χ2v) is 6.05. The molecule has 0 aliphatic heterocycles. The zero-order valence-corrected chi connectivity index (χ0v) is 13.8. The van der Waals surface area contributed by atoms with Crippen LogP contribution < -0.4 is 0 Å². The van der Waals surface area contributed by atoms with Gasteiger partial charge >= 0.3 is 0 Å². The van der Waals surface area contributed by atoms with Gasteiger partial charge in [0.2, 0.25) is 0 Å². The Morgan fingerprint density at radius 3 is 2.13 bits per heavy atom. The molecule has 1 aliphatic rings. The predicted molar refractivity (Wildman–Crippen MR) is 87.2 cm³/mol. The topological polar surface area (TPSA) is 20.2 Å². The van der Waals surface area contributed by atoms with Gasteiger partial charge in [-0.25, -0.2) is 13.2 Å².